The summed E-state index contributed by atoms with van der Waals surface area (Å²) in [5, 5.41) is 20.0. The quantitative estimate of drug-likeness (QED) is 0.893. The fourth-order valence-electron chi connectivity index (χ4n) is 2.96. The summed E-state index contributed by atoms with van der Waals surface area (Å²) in [5.74, 6) is -2.23. The van der Waals surface area contributed by atoms with Crippen LogP contribution in [0.4, 0.5) is 10.1 Å². The molecule has 2 aromatic rings. The van der Waals surface area contributed by atoms with E-state index in [-0.39, 0.29) is 23.5 Å². The maximum atomic E-state index is 13.2. The van der Waals surface area contributed by atoms with Crippen molar-refractivity contribution in [2.75, 3.05) is 4.90 Å². The molecule has 0 bridgehead atoms. The van der Waals surface area contributed by atoms with Gasteiger partial charge in [-0.1, -0.05) is 19.1 Å². The van der Waals surface area contributed by atoms with E-state index in [0.717, 1.165) is 0 Å². The topological polar surface area (TPSA) is 77.8 Å². The van der Waals surface area contributed by atoms with Crippen LogP contribution in [0.3, 0.4) is 0 Å². The van der Waals surface area contributed by atoms with Gasteiger partial charge in [0.2, 0.25) is 0 Å². The van der Waals surface area contributed by atoms with E-state index in [1.54, 1.807) is 19.1 Å². The van der Waals surface area contributed by atoms with Crippen LogP contribution in [-0.2, 0) is 9.59 Å². The lowest BCUT2D eigenvalue weighted by Gasteiger charge is -2.27. The highest BCUT2D eigenvalue weighted by atomic mass is 19.1. The Morgan fingerprint density at radius 2 is 1.84 bits per heavy atom. The lowest BCUT2D eigenvalue weighted by Crippen LogP contribution is -2.31. The molecule has 1 aliphatic heterocycles. The lowest BCUT2D eigenvalue weighted by atomic mass is 9.94. The van der Waals surface area contributed by atoms with E-state index in [0.29, 0.717) is 11.3 Å². The van der Waals surface area contributed by atoms with Gasteiger partial charge < -0.3 is 10.2 Å². The Kier molecular flexibility index (Phi) is 4.27. The highest BCUT2D eigenvalue weighted by Crippen LogP contribution is 2.41. The number of hydrogen-bond donors (Lipinski definition) is 2. The summed E-state index contributed by atoms with van der Waals surface area (Å²) in [7, 11) is 0. The van der Waals surface area contributed by atoms with Crippen LogP contribution in [0.15, 0.2) is 59.9 Å². The summed E-state index contributed by atoms with van der Waals surface area (Å²) in [6, 6.07) is 10.4. The second-order valence-electron chi connectivity index (χ2n) is 5.69. The average molecular weight is 341 g/mol. The number of ketones is 1. The van der Waals surface area contributed by atoms with Crippen molar-refractivity contribution in [1.82, 2.24) is 0 Å². The van der Waals surface area contributed by atoms with Crippen LogP contribution in [0, 0.1) is 5.82 Å². The number of aromatic hydroxyl groups is 1. The molecule has 1 unspecified atom stereocenters. The minimum Gasteiger partial charge on any atom is -0.508 e. The number of anilines is 1. The highest BCUT2D eigenvalue weighted by molar-refractivity contribution is 6.16. The monoisotopic (exact) mass is 341 g/mol. The van der Waals surface area contributed by atoms with Crippen molar-refractivity contribution in [3.8, 4) is 5.75 Å². The molecule has 1 amide bonds. The van der Waals surface area contributed by atoms with Crippen LogP contribution in [0.1, 0.15) is 24.9 Å². The number of Topliss-reactive ketones (excluding diaryl/α,β-unsaturated/α-hetero) is 1. The zero-order valence-electron chi connectivity index (χ0n) is 13.4. The molecule has 0 aromatic heterocycles. The van der Waals surface area contributed by atoms with Crippen LogP contribution in [0.25, 0.3) is 0 Å². The number of phenolic OH excluding ortho intramolecular Hbond substituents is 1. The van der Waals surface area contributed by atoms with Gasteiger partial charge in [-0.2, -0.15) is 0 Å². The summed E-state index contributed by atoms with van der Waals surface area (Å²) in [4.78, 5) is 26.2. The summed E-state index contributed by atoms with van der Waals surface area (Å²) in [5.41, 5.74) is 0.783. The standard InChI is InChI=1S/C19H16FNO4/c1-2-15(23)16-17(11-4-3-5-14(22)10-11)21(19(25)18(16)24)13-8-6-12(20)7-9-13/h3-10,17,22,24H,2H2,1H3. The van der Waals surface area contributed by atoms with Crippen LogP contribution < -0.4 is 4.90 Å². The highest BCUT2D eigenvalue weighted by Gasteiger charge is 2.43. The summed E-state index contributed by atoms with van der Waals surface area (Å²) in [6.07, 6.45) is 0.110. The minimum absolute atomic E-state index is 0.0255. The molecule has 0 radical (unpaired) electrons. The van der Waals surface area contributed by atoms with Gasteiger partial charge in [0.1, 0.15) is 11.6 Å². The summed E-state index contributed by atoms with van der Waals surface area (Å²) < 4.78 is 13.2. The molecular weight excluding hydrogens is 325 g/mol. The molecule has 1 aliphatic rings. The van der Waals surface area contributed by atoms with Crippen molar-refractivity contribution in [3.05, 3.63) is 71.2 Å². The lowest BCUT2D eigenvalue weighted by molar-refractivity contribution is -0.118. The van der Waals surface area contributed by atoms with Crippen molar-refractivity contribution in [3.63, 3.8) is 0 Å². The third-order valence-electron chi connectivity index (χ3n) is 4.12. The summed E-state index contributed by atoms with van der Waals surface area (Å²) >= 11 is 0. The number of halogens is 1. The van der Waals surface area contributed by atoms with Crippen LogP contribution in [-0.4, -0.2) is 21.9 Å². The molecule has 1 heterocycles. The number of amides is 1. The Bertz CT molecular complexity index is 873. The molecule has 3 rings (SSSR count). The normalized spacial score (nSPS) is 17.3. The second kappa shape index (κ2) is 6.39. The van der Waals surface area contributed by atoms with Crippen molar-refractivity contribution < 1.29 is 24.2 Å². The first-order valence-electron chi connectivity index (χ1n) is 7.78. The maximum Gasteiger partial charge on any atom is 0.294 e. The Morgan fingerprint density at radius 3 is 2.44 bits per heavy atom. The first kappa shape index (κ1) is 16.7. The van der Waals surface area contributed by atoms with E-state index in [1.807, 2.05) is 0 Å². The van der Waals surface area contributed by atoms with E-state index in [1.165, 1.54) is 41.3 Å². The van der Waals surface area contributed by atoms with Gasteiger partial charge in [0.15, 0.2) is 11.5 Å². The Balaban J connectivity index is 2.18. The number of carbonyl (C=O) groups excluding carboxylic acids is 2. The van der Waals surface area contributed by atoms with Gasteiger partial charge in [0, 0.05) is 12.1 Å². The zero-order valence-corrected chi connectivity index (χ0v) is 13.4. The van der Waals surface area contributed by atoms with Gasteiger partial charge >= 0.3 is 0 Å². The predicted molar refractivity (Wildman–Crippen MR) is 89.7 cm³/mol. The summed E-state index contributed by atoms with van der Waals surface area (Å²) in [6.45, 7) is 1.63. The van der Waals surface area contributed by atoms with Crippen molar-refractivity contribution in [2.45, 2.75) is 19.4 Å². The van der Waals surface area contributed by atoms with Gasteiger partial charge in [-0.25, -0.2) is 4.39 Å². The van der Waals surface area contributed by atoms with E-state index in [4.69, 9.17) is 0 Å². The molecule has 0 aliphatic carbocycles. The molecule has 0 fully saturated rings. The smallest absolute Gasteiger partial charge is 0.294 e. The van der Waals surface area contributed by atoms with E-state index < -0.39 is 23.5 Å². The fourth-order valence-corrected chi connectivity index (χ4v) is 2.96. The Hall–Kier alpha value is -3.15. The van der Waals surface area contributed by atoms with E-state index in [9.17, 15) is 24.2 Å². The van der Waals surface area contributed by atoms with Gasteiger partial charge in [-0.15, -0.1) is 0 Å². The number of nitrogens with zero attached hydrogens (tertiary/aromatic N) is 1. The van der Waals surface area contributed by atoms with Crippen molar-refractivity contribution in [2.24, 2.45) is 0 Å². The molecule has 1 atom stereocenters. The molecule has 2 N–H and O–H groups in total. The average Bonchev–Trinajstić information content (AvgIpc) is 2.87. The van der Waals surface area contributed by atoms with Gasteiger partial charge in [-0.05, 0) is 42.0 Å². The molecule has 0 saturated heterocycles. The fraction of sp³-hybridized carbons (Fsp3) is 0.158. The number of carbonyl (C=O) groups is 2. The van der Waals surface area contributed by atoms with E-state index >= 15 is 0 Å². The van der Waals surface area contributed by atoms with Gasteiger partial charge in [-0.3, -0.25) is 14.5 Å². The first-order valence-corrected chi connectivity index (χ1v) is 7.78. The molecule has 25 heavy (non-hydrogen) atoms. The largest absolute Gasteiger partial charge is 0.508 e. The van der Waals surface area contributed by atoms with Crippen molar-refractivity contribution >= 4 is 17.4 Å². The van der Waals surface area contributed by atoms with Crippen LogP contribution in [0.5, 0.6) is 5.75 Å². The molecule has 2 aromatic carbocycles. The number of aliphatic hydroxyl groups is 1. The SMILES string of the molecule is CCC(=O)C1=C(O)C(=O)N(c2ccc(F)cc2)C1c1cccc(O)c1. The predicted octanol–water partition coefficient (Wildman–Crippen LogP) is 3.41. The van der Waals surface area contributed by atoms with E-state index in [2.05, 4.69) is 0 Å². The first-order chi connectivity index (χ1) is 11.9. The number of aliphatic hydroxyl groups excluding tert-OH is 1. The number of benzene rings is 2. The van der Waals surface area contributed by atoms with Gasteiger partial charge in [0.05, 0.1) is 11.6 Å². The Labute approximate surface area is 143 Å². The van der Waals surface area contributed by atoms with Crippen molar-refractivity contribution in [1.29, 1.82) is 0 Å². The molecule has 0 spiro atoms. The molecular formula is C19H16FNO4. The Morgan fingerprint density at radius 1 is 1.16 bits per heavy atom. The molecule has 0 saturated carbocycles. The number of hydrogen-bond acceptors (Lipinski definition) is 4. The molecule has 6 heteroatoms. The van der Waals surface area contributed by atoms with Gasteiger partial charge in [0.25, 0.3) is 5.91 Å². The second-order valence-corrected chi connectivity index (χ2v) is 5.69. The molecule has 5 nitrogen and oxygen atoms in total. The number of phenols is 1. The van der Waals surface area contributed by atoms with Crippen LogP contribution >= 0.6 is 0 Å². The third-order valence-corrected chi connectivity index (χ3v) is 4.12. The van der Waals surface area contributed by atoms with Crippen LogP contribution in [0.2, 0.25) is 0 Å². The maximum absolute atomic E-state index is 13.2. The third kappa shape index (κ3) is 2.87. The number of rotatable bonds is 4. The molecule has 128 valence electrons. The zero-order chi connectivity index (χ0) is 18.1. The minimum atomic E-state index is -0.891.